The number of amides is 1. The molecule has 2 N–H and O–H groups in total. The van der Waals surface area contributed by atoms with Gasteiger partial charge in [-0.05, 0) is 44.1 Å². The SMILES string of the molecule is C[C@@H](CNC(=O)c1cc2ccc(C(C)(C)C)cc2[nH]1)N(C)C. The maximum Gasteiger partial charge on any atom is 0.267 e. The standard InChI is InChI=1S/C18H27N3O/c1-12(21(5)6)11-19-17(22)16-9-13-7-8-14(18(2,3)4)10-15(13)20-16/h7-10,12,20H,11H2,1-6H3,(H,19,22)/t12-/m0/s1. The Labute approximate surface area is 132 Å². The molecule has 2 aromatic rings. The summed E-state index contributed by atoms with van der Waals surface area (Å²) in [5.41, 5.74) is 2.99. The number of aromatic amines is 1. The van der Waals surface area contributed by atoms with Crippen LogP contribution in [0, 0.1) is 0 Å². The minimum Gasteiger partial charge on any atom is -0.351 e. The third-order valence-electron chi connectivity index (χ3n) is 4.17. The van der Waals surface area contributed by atoms with Gasteiger partial charge in [0.1, 0.15) is 5.69 Å². The predicted octanol–water partition coefficient (Wildman–Crippen LogP) is 3.15. The number of benzene rings is 1. The van der Waals surface area contributed by atoms with Gasteiger partial charge in [-0.2, -0.15) is 0 Å². The molecule has 1 amide bonds. The Balaban J connectivity index is 2.17. The highest BCUT2D eigenvalue weighted by molar-refractivity contribution is 5.98. The van der Waals surface area contributed by atoms with Gasteiger partial charge in [-0.25, -0.2) is 0 Å². The fourth-order valence-corrected chi connectivity index (χ4v) is 2.23. The summed E-state index contributed by atoms with van der Waals surface area (Å²) < 4.78 is 0. The summed E-state index contributed by atoms with van der Waals surface area (Å²) in [5, 5.41) is 4.04. The molecule has 1 atom stereocenters. The molecule has 0 spiro atoms. The van der Waals surface area contributed by atoms with Crippen LogP contribution in [-0.2, 0) is 5.41 Å². The zero-order chi connectivity index (χ0) is 16.5. The van der Waals surface area contributed by atoms with Gasteiger partial charge in [-0.3, -0.25) is 4.79 Å². The molecule has 1 aromatic heterocycles. The second kappa shape index (κ2) is 6.13. The quantitative estimate of drug-likeness (QED) is 0.911. The van der Waals surface area contributed by atoms with E-state index in [4.69, 9.17) is 0 Å². The van der Waals surface area contributed by atoms with Crippen LogP contribution in [0.1, 0.15) is 43.7 Å². The van der Waals surface area contributed by atoms with Crippen LogP contribution in [0.15, 0.2) is 24.3 Å². The van der Waals surface area contributed by atoms with Gasteiger partial charge in [0.25, 0.3) is 5.91 Å². The van der Waals surface area contributed by atoms with Crippen molar-refractivity contribution in [2.45, 2.75) is 39.2 Å². The molecule has 0 saturated carbocycles. The van der Waals surface area contributed by atoms with Crippen molar-refractivity contribution < 1.29 is 4.79 Å². The summed E-state index contributed by atoms with van der Waals surface area (Å²) in [6, 6.07) is 8.56. The molecule has 0 aliphatic carbocycles. The first-order chi connectivity index (χ1) is 10.2. The lowest BCUT2D eigenvalue weighted by Gasteiger charge is -2.19. The van der Waals surface area contributed by atoms with E-state index in [1.54, 1.807) is 0 Å². The van der Waals surface area contributed by atoms with Gasteiger partial charge in [0.15, 0.2) is 0 Å². The van der Waals surface area contributed by atoms with Crippen molar-refractivity contribution in [1.82, 2.24) is 15.2 Å². The van der Waals surface area contributed by atoms with E-state index in [-0.39, 0.29) is 11.3 Å². The lowest BCUT2D eigenvalue weighted by atomic mass is 9.87. The first-order valence-corrected chi connectivity index (χ1v) is 7.76. The predicted molar refractivity (Wildman–Crippen MR) is 92.5 cm³/mol. The van der Waals surface area contributed by atoms with E-state index in [1.807, 2.05) is 20.2 Å². The monoisotopic (exact) mass is 301 g/mol. The molecule has 0 bridgehead atoms. The smallest absolute Gasteiger partial charge is 0.267 e. The third kappa shape index (κ3) is 3.69. The van der Waals surface area contributed by atoms with Crippen molar-refractivity contribution in [2.75, 3.05) is 20.6 Å². The van der Waals surface area contributed by atoms with Crippen LogP contribution >= 0.6 is 0 Å². The number of nitrogens with one attached hydrogen (secondary N) is 2. The van der Waals surface area contributed by atoms with Crippen LogP contribution in [0.3, 0.4) is 0 Å². The molecule has 0 aliphatic rings. The third-order valence-corrected chi connectivity index (χ3v) is 4.17. The van der Waals surface area contributed by atoms with Gasteiger partial charge < -0.3 is 15.2 Å². The van der Waals surface area contributed by atoms with Gasteiger partial charge >= 0.3 is 0 Å². The normalized spacial score (nSPS) is 13.6. The molecule has 22 heavy (non-hydrogen) atoms. The number of hydrogen-bond donors (Lipinski definition) is 2. The number of nitrogens with zero attached hydrogens (tertiary/aromatic N) is 1. The van der Waals surface area contributed by atoms with E-state index in [0.29, 0.717) is 18.3 Å². The van der Waals surface area contributed by atoms with Crippen LogP contribution in [-0.4, -0.2) is 42.5 Å². The highest BCUT2D eigenvalue weighted by atomic mass is 16.1. The number of carbonyl (C=O) groups is 1. The molecular formula is C18H27N3O. The number of hydrogen-bond acceptors (Lipinski definition) is 2. The molecule has 4 heteroatoms. The largest absolute Gasteiger partial charge is 0.351 e. The molecule has 1 aromatic carbocycles. The average Bonchev–Trinajstić information content (AvgIpc) is 2.86. The maximum absolute atomic E-state index is 12.3. The summed E-state index contributed by atoms with van der Waals surface area (Å²) in [6.07, 6.45) is 0. The molecule has 0 radical (unpaired) electrons. The fraction of sp³-hybridized carbons (Fsp3) is 0.500. The summed E-state index contributed by atoms with van der Waals surface area (Å²) in [6.45, 7) is 9.28. The van der Waals surface area contributed by atoms with Crippen molar-refractivity contribution in [3.05, 3.63) is 35.5 Å². The van der Waals surface area contributed by atoms with Gasteiger partial charge in [0, 0.05) is 23.5 Å². The average molecular weight is 301 g/mol. The number of likely N-dealkylation sites (N-methyl/N-ethyl adjacent to an activating group) is 1. The van der Waals surface area contributed by atoms with Crippen molar-refractivity contribution >= 4 is 16.8 Å². The minimum atomic E-state index is -0.0535. The van der Waals surface area contributed by atoms with Crippen LogP contribution in [0.25, 0.3) is 10.9 Å². The molecule has 0 saturated heterocycles. The zero-order valence-electron chi connectivity index (χ0n) is 14.4. The van der Waals surface area contributed by atoms with E-state index >= 15 is 0 Å². The Morgan fingerprint density at radius 1 is 1.27 bits per heavy atom. The number of aromatic nitrogens is 1. The Morgan fingerprint density at radius 3 is 2.55 bits per heavy atom. The molecule has 4 nitrogen and oxygen atoms in total. The highest BCUT2D eigenvalue weighted by Gasteiger charge is 2.16. The van der Waals surface area contributed by atoms with Crippen molar-refractivity contribution in [3.8, 4) is 0 Å². The van der Waals surface area contributed by atoms with Gasteiger partial charge in [-0.15, -0.1) is 0 Å². The summed E-state index contributed by atoms with van der Waals surface area (Å²) >= 11 is 0. The lowest BCUT2D eigenvalue weighted by molar-refractivity contribution is 0.0939. The van der Waals surface area contributed by atoms with Crippen LogP contribution < -0.4 is 5.32 Å². The Morgan fingerprint density at radius 2 is 1.95 bits per heavy atom. The van der Waals surface area contributed by atoms with Gasteiger partial charge in [-0.1, -0.05) is 32.9 Å². The molecule has 0 unspecified atom stereocenters. The van der Waals surface area contributed by atoms with E-state index in [1.165, 1.54) is 5.56 Å². The van der Waals surface area contributed by atoms with Crippen LogP contribution in [0.5, 0.6) is 0 Å². The Kier molecular flexibility index (Phi) is 4.61. The molecule has 1 heterocycles. The van der Waals surface area contributed by atoms with E-state index < -0.39 is 0 Å². The molecule has 2 rings (SSSR count). The molecule has 120 valence electrons. The van der Waals surface area contributed by atoms with Crippen molar-refractivity contribution in [3.63, 3.8) is 0 Å². The number of H-pyrrole nitrogens is 1. The lowest BCUT2D eigenvalue weighted by Crippen LogP contribution is -2.38. The summed E-state index contributed by atoms with van der Waals surface area (Å²) in [5.74, 6) is -0.0535. The van der Waals surface area contributed by atoms with E-state index in [9.17, 15) is 4.79 Å². The van der Waals surface area contributed by atoms with Crippen molar-refractivity contribution in [1.29, 1.82) is 0 Å². The number of rotatable bonds is 4. The fourth-order valence-electron chi connectivity index (χ4n) is 2.23. The first kappa shape index (κ1) is 16.6. The van der Waals surface area contributed by atoms with E-state index in [2.05, 4.69) is 61.1 Å². The maximum atomic E-state index is 12.3. The second-order valence-electron chi connectivity index (χ2n) is 7.26. The van der Waals surface area contributed by atoms with Crippen LogP contribution in [0.2, 0.25) is 0 Å². The van der Waals surface area contributed by atoms with Crippen molar-refractivity contribution in [2.24, 2.45) is 0 Å². The second-order valence-corrected chi connectivity index (χ2v) is 7.26. The van der Waals surface area contributed by atoms with Gasteiger partial charge in [0.2, 0.25) is 0 Å². The number of carbonyl (C=O) groups excluding carboxylic acids is 1. The van der Waals surface area contributed by atoms with Crippen LogP contribution in [0.4, 0.5) is 0 Å². The van der Waals surface area contributed by atoms with Gasteiger partial charge in [0.05, 0.1) is 0 Å². The molecule has 0 aliphatic heterocycles. The highest BCUT2D eigenvalue weighted by Crippen LogP contribution is 2.26. The Hall–Kier alpha value is -1.81. The Bertz CT molecular complexity index is 665. The van der Waals surface area contributed by atoms with E-state index in [0.717, 1.165) is 10.9 Å². The number of fused-ring (bicyclic) bond motifs is 1. The molecule has 0 fully saturated rings. The summed E-state index contributed by atoms with van der Waals surface area (Å²) in [7, 11) is 4.02. The first-order valence-electron chi connectivity index (χ1n) is 7.76. The summed E-state index contributed by atoms with van der Waals surface area (Å²) in [4.78, 5) is 17.6. The topological polar surface area (TPSA) is 48.1 Å². The zero-order valence-corrected chi connectivity index (χ0v) is 14.4. The minimum absolute atomic E-state index is 0.0535. The molecular weight excluding hydrogens is 274 g/mol.